The van der Waals surface area contributed by atoms with Crippen LogP contribution in [-0.2, 0) is 14.9 Å². The van der Waals surface area contributed by atoms with Crippen LogP contribution in [-0.4, -0.2) is 67.6 Å². The van der Waals surface area contributed by atoms with E-state index in [0.717, 1.165) is 44.3 Å². The van der Waals surface area contributed by atoms with Crippen molar-refractivity contribution < 1.29 is 19.1 Å². The van der Waals surface area contributed by atoms with Gasteiger partial charge in [-0.3, -0.25) is 9.59 Å². The first-order valence-electron chi connectivity index (χ1n) is 11.7. The predicted molar refractivity (Wildman–Crippen MR) is 127 cm³/mol. The summed E-state index contributed by atoms with van der Waals surface area (Å²) in [6.45, 7) is 3.18. The third-order valence-corrected chi connectivity index (χ3v) is 7.71. The third kappa shape index (κ3) is 4.30. The van der Waals surface area contributed by atoms with Crippen molar-refractivity contribution in [3.05, 3.63) is 65.7 Å². The summed E-state index contributed by atoms with van der Waals surface area (Å²) in [6.07, 6.45) is 3.43. The van der Waals surface area contributed by atoms with Crippen molar-refractivity contribution in [3.8, 4) is 5.75 Å². The number of carbonyl (C=O) groups excluding carboxylic acids is 2. The highest BCUT2D eigenvalue weighted by atomic mass is 16.5. The number of hydrogen-bond donors (Lipinski definition) is 0. The minimum atomic E-state index is -0.373. The van der Waals surface area contributed by atoms with Gasteiger partial charge in [0.1, 0.15) is 5.75 Å². The van der Waals surface area contributed by atoms with E-state index in [4.69, 9.17) is 9.47 Å². The summed E-state index contributed by atoms with van der Waals surface area (Å²) in [5, 5.41) is 0. The van der Waals surface area contributed by atoms with Gasteiger partial charge in [0.15, 0.2) is 0 Å². The van der Waals surface area contributed by atoms with E-state index in [1.165, 1.54) is 6.92 Å². The molecule has 1 saturated heterocycles. The molecule has 2 aliphatic rings. The van der Waals surface area contributed by atoms with Gasteiger partial charge in [0.2, 0.25) is 0 Å². The summed E-state index contributed by atoms with van der Waals surface area (Å²) >= 11 is 0. The normalized spacial score (nSPS) is 27.5. The zero-order chi connectivity index (χ0) is 23.6. The number of piperidine rings is 1. The lowest BCUT2D eigenvalue weighted by molar-refractivity contribution is -0.149. The van der Waals surface area contributed by atoms with Gasteiger partial charge >= 0.3 is 5.97 Å². The van der Waals surface area contributed by atoms with Gasteiger partial charge < -0.3 is 19.3 Å². The molecule has 1 aliphatic heterocycles. The quantitative estimate of drug-likeness (QED) is 0.511. The van der Waals surface area contributed by atoms with Crippen LogP contribution in [0.15, 0.2) is 54.6 Å². The molecule has 1 aliphatic carbocycles. The van der Waals surface area contributed by atoms with Crippen LogP contribution >= 0.6 is 0 Å². The van der Waals surface area contributed by atoms with E-state index in [0.29, 0.717) is 11.3 Å². The smallest absolute Gasteiger partial charge is 0.308 e. The van der Waals surface area contributed by atoms with Gasteiger partial charge in [0, 0.05) is 44.6 Å². The van der Waals surface area contributed by atoms with Crippen molar-refractivity contribution in [2.24, 2.45) is 0 Å². The summed E-state index contributed by atoms with van der Waals surface area (Å²) < 4.78 is 11.8. The second-order valence-corrected chi connectivity index (χ2v) is 9.57. The molecule has 0 spiro atoms. The topological polar surface area (TPSA) is 59.1 Å². The lowest BCUT2D eigenvalue weighted by atomic mass is 9.55. The maximum absolute atomic E-state index is 13.3. The molecule has 6 heteroatoms. The van der Waals surface area contributed by atoms with Gasteiger partial charge in [-0.15, -0.1) is 0 Å². The largest absolute Gasteiger partial charge is 0.427 e. The Balaban J connectivity index is 1.73. The predicted octanol–water partition coefficient (Wildman–Crippen LogP) is 3.90. The molecule has 2 fully saturated rings. The van der Waals surface area contributed by atoms with Gasteiger partial charge in [-0.05, 0) is 69.1 Å². The summed E-state index contributed by atoms with van der Waals surface area (Å²) in [6, 6.07) is 17.4. The Morgan fingerprint density at radius 3 is 2.55 bits per heavy atom. The molecule has 1 heterocycles. The van der Waals surface area contributed by atoms with Crippen LogP contribution in [0.25, 0.3) is 0 Å². The molecule has 0 bridgehead atoms. The molecule has 0 aromatic heterocycles. The number of nitrogens with zero attached hydrogens (tertiary/aromatic N) is 2. The zero-order valence-electron chi connectivity index (χ0n) is 20.0. The van der Waals surface area contributed by atoms with Crippen LogP contribution in [0.4, 0.5) is 0 Å². The minimum absolute atomic E-state index is 0.0438. The summed E-state index contributed by atoms with van der Waals surface area (Å²) in [4.78, 5) is 29.1. The molecule has 3 atom stereocenters. The molecule has 33 heavy (non-hydrogen) atoms. The lowest BCUT2D eigenvalue weighted by Crippen LogP contribution is -2.67. The third-order valence-electron chi connectivity index (χ3n) is 7.71. The second kappa shape index (κ2) is 9.27. The highest BCUT2D eigenvalue weighted by molar-refractivity contribution is 5.94. The molecule has 1 saturated carbocycles. The fourth-order valence-corrected chi connectivity index (χ4v) is 5.98. The van der Waals surface area contributed by atoms with Crippen LogP contribution in [0.1, 0.15) is 48.5 Å². The van der Waals surface area contributed by atoms with Crippen LogP contribution < -0.4 is 4.74 Å². The van der Waals surface area contributed by atoms with Crippen molar-refractivity contribution in [1.82, 2.24) is 9.80 Å². The number of benzene rings is 2. The first-order chi connectivity index (χ1) is 15.8. The first-order valence-corrected chi connectivity index (χ1v) is 11.7. The number of rotatable bonds is 5. The van der Waals surface area contributed by atoms with Crippen molar-refractivity contribution in [1.29, 1.82) is 0 Å². The van der Waals surface area contributed by atoms with E-state index in [9.17, 15) is 9.59 Å². The Hall–Kier alpha value is -2.70. The Labute approximate surface area is 196 Å². The molecule has 0 unspecified atom stereocenters. The average molecular weight is 451 g/mol. The molecule has 0 N–H and O–H groups in total. The SMILES string of the molecule is CO[C@]12CC[C@H](N(C)C(=O)c3ccccc3)C[C@]1(c1cccc(OC(C)=O)c1)CCN(C)C2. The summed E-state index contributed by atoms with van der Waals surface area (Å²) in [5.41, 5.74) is 1.15. The number of ether oxygens (including phenoxy) is 2. The van der Waals surface area contributed by atoms with E-state index in [2.05, 4.69) is 18.0 Å². The maximum atomic E-state index is 13.3. The monoisotopic (exact) mass is 450 g/mol. The van der Waals surface area contributed by atoms with Crippen LogP contribution in [0.5, 0.6) is 5.75 Å². The average Bonchev–Trinajstić information content (AvgIpc) is 2.83. The molecule has 4 rings (SSSR count). The molecular weight excluding hydrogens is 416 g/mol. The molecule has 6 nitrogen and oxygen atoms in total. The number of fused-ring (bicyclic) bond motifs is 1. The van der Waals surface area contributed by atoms with Gasteiger partial charge in [0.05, 0.1) is 5.60 Å². The maximum Gasteiger partial charge on any atom is 0.308 e. The number of methoxy groups -OCH3 is 1. The van der Waals surface area contributed by atoms with Crippen molar-refractivity contribution >= 4 is 11.9 Å². The molecule has 2 aromatic rings. The van der Waals surface area contributed by atoms with E-state index in [1.54, 1.807) is 0 Å². The highest BCUT2D eigenvalue weighted by Gasteiger charge is 2.59. The molecule has 0 radical (unpaired) electrons. The fraction of sp³-hybridized carbons (Fsp3) is 0.481. The zero-order valence-corrected chi connectivity index (χ0v) is 20.0. The Bertz CT molecular complexity index is 1010. The van der Waals surface area contributed by atoms with Crippen LogP contribution in [0, 0.1) is 0 Å². The summed E-state index contributed by atoms with van der Waals surface area (Å²) in [7, 11) is 5.86. The standard InChI is InChI=1S/C27H34N2O4/c1-20(30)33-24-12-8-11-22(17-24)26-15-16-28(2)19-27(26,32-4)14-13-23(18-26)29(3)25(31)21-9-6-5-7-10-21/h5-12,17,23H,13-16,18-19H2,1-4H3/t23-,26-,27-/m0/s1. The highest BCUT2D eigenvalue weighted by Crippen LogP contribution is 2.54. The molecular formula is C27H34N2O4. The number of likely N-dealkylation sites (N-methyl/N-ethyl adjacent to an activating group) is 1. The summed E-state index contributed by atoms with van der Waals surface area (Å²) in [5.74, 6) is 0.261. The van der Waals surface area contributed by atoms with E-state index < -0.39 is 0 Å². The van der Waals surface area contributed by atoms with Gasteiger partial charge in [-0.25, -0.2) is 0 Å². The molecule has 176 valence electrons. The second-order valence-electron chi connectivity index (χ2n) is 9.57. The Kier molecular flexibility index (Phi) is 6.59. The number of likely N-dealkylation sites (tertiary alicyclic amines) is 1. The van der Waals surface area contributed by atoms with E-state index >= 15 is 0 Å². The minimum Gasteiger partial charge on any atom is -0.427 e. The van der Waals surface area contributed by atoms with Crippen LogP contribution in [0.2, 0.25) is 0 Å². The van der Waals surface area contributed by atoms with Gasteiger partial charge in [0.25, 0.3) is 5.91 Å². The number of carbonyl (C=O) groups is 2. The lowest BCUT2D eigenvalue weighted by Gasteiger charge is -2.60. The first kappa shape index (κ1) is 23.5. The number of hydrogen-bond acceptors (Lipinski definition) is 5. The Morgan fingerprint density at radius 2 is 1.85 bits per heavy atom. The number of amides is 1. The van der Waals surface area contributed by atoms with Crippen molar-refractivity contribution in [3.63, 3.8) is 0 Å². The molecule has 2 aromatic carbocycles. The Morgan fingerprint density at radius 1 is 1.09 bits per heavy atom. The van der Waals surface area contributed by atoms with Gasteiger partial charge in [-0.2, -0.15) is 0 Å². The van der Waals surface area contributed by atoms with Crippen molar-refractivity contribution in [2.75, 3.05) is 34.3 Å². The van der Waals surface area contributed by atoms with E-state index in [-0.39, 0.29) is 28.9 Å². The van der Waals surface area contributed by atoms with E-state index in [1.807, 2.05) is 67.6 Å². The molecule has 1 amide bonds. The fourth-order valence-electron chi connectivity index (χ4n) is 5.98. The van der Waals surface area contributed by atoms with Crippen LogP contribution in [0.3, 0.4) is 0 Å². The van der Waals surface area contributed by atoms with Crippen molar-refractivity contribution in [2.45, 2.75) is 49.7 Å². The number of esters is 1. The van der Waals surface area contributed by atoms with Gasteiger partial charge in [-0.1, -0.05) is 30.3 Å².